The maximum Gasteiger partial charge on any atom is 0.521 e. The number of ether oxygens (including phenoxy) is 2. The maximum atomic E-state index is 13.9. The van der Waals surface area contributed by atoms with Gasteiger partial charge in [0.15, 0.2) is 6.29 Å². The van der Waals surface area contributed by atoms with Crippen molar-refractivity contribution in [1.82, 2.24) is 0 Å². The number of aryl methyl sites for hydroxylation is 1. The van der Waals surface area contributed by atoms with Gasteiger partial charge in [-0.3, -0.25) is 0 Å². The summed E-state index contributed by atoms with van der Waals surface area (Å²) in [4.78, 5) is 26.5. The number of benzene rings is 1. The van der Waals surface area contributed by atoms with Gasteiger partial charge in [0.25, 0.3) is 12.0 Å². The third-order valence-corrected chi connectivity index (χ3v) is 10.7. The summed E-state index contributed by atoms with van der Waals surface area (Å²) >= 11 is 0. The van der Waals surface area contributed by atoms with E-state index in [4.69, 9.17) is 9.47 Å². The second kappa shape index (κ2) is 15.4. The van der Waals surface area contributed by atoms with Crippen LogP contribution in [0.25, 0.3) is 0 Å². The molecule has 3 rings (SSSR count). The third-order valence-electron chi connectivity index (χ3n) is 8.95. The zero-order valence-electron chi connectivity index (χ0n) is 24.4. The van der Waals surface area contributed by atoms with Crippen LogP contribution in [0.2, 0.25) is 0 Å². The lowest BCUT2D eigenvalue weighted by Crippen LogP contribution is -2.59. The molecule has 2 fully saturated rings. The summed E-state index contributed by atoms with van der Waals surface area (Å²) in [5.74, 6) is -0.513. The van der Waals surface area contributed by atoms with Crippen LogP contribution in [-0.2, 0) is 25.3 Å². The lowest BCUT2D eigenvalue weighted by molar-refractivity contribution is -0.793. The number of rotatable bonds is 14. The Morgan fingerprint density at radius 2 is 1.79 bits per heavy atom. The number of carbonyl (C=O) groups excluding carboxylic acids is 1. The van der Waals surface area contributed by atoms with E-state index in [0.29, 0.717) is 25.5 Å². The Labute approximate surface area is 236 Å². The zero-order valence-corrected chi connectivity index (χ0v) is 25.3. The summed E-state index contributed by atoms with van der Waals surface area (Å²) in [6.07, 6.45) is 7.66. The molecule has 218 valence electrons. The van der Waals surface area contributed by atoms with Crippen molar-refractivity contribution in [2.75, 3.05) is 19.3 Å². The fraction of sp³-hybridized carbons (Fsp3) is 0.742. The highest BCUT2D eigenvalue weighted by molar-refractivity contribution is 7.46. The number of hydrogen-bond donors (Lipinski definition) is 1. The van der Waals surface area contributed by atoms with Crippen LogP contribution in [0.1, 0.15) is 91.0 Å². The molecular weight excluding hydrogens is 513 g/mol. The molecule has 7 atom stereocenters. The van der Waals surface area contributed by atoms with Crippen molar-refractivity contribution in [3.8, 4) is 0 Å². The molecule has 1 aromatic rings. The van der Waals surface area contributed by atoms with Gasteiger partial charge in [0.2, 0.25) is 0 Å². The van der Waals surface area contributed by atoms with Crippen molar-refractivity contribution < 1.29 is 33.2 Å². The first-order valence-electron chi connectivity index (χ1n) is 15.1. The van der Waals surface area contributed by atoms with Crippen molar-refractivity contribution in [3.63, 3.8) is 0 Å². The second-order valence-electron chi connectivity index (χ2n) is 11.8. The highest BCUT2D eigenvalue weighted by atomic mass is 31.1. The molecule has 7 nitrogen and oxygen atoms in total. The summed E-state index contributed by atoms with van der Waals surface area (Å²) < 4.78 is 25.4. The number of quaternary nitrogens is 1. The number of imide groups is 1. The number of amides is 2. The van der Waals surface area contributed by atoms with Gasteiger partial charge in [-0.2, -0.15) is 9.28 Å². The summed E-state index contributed by atoms with van der Waals surface area (Å²) in [5.41, 5.74) is 1.19. The minimum Gasteiger partial charge on any atom is -0.435 e. The van der Waals surface area contributed by atoms with Gasteiger partial charge in [0.05, 0.1) is 0 Å². The van der Waals surface area contributed by atoms with Crippen LogP contribution in [-0.4, -0.2) is 59.1 Å². The van der Waals surface area contributed by atoms with E-state index in [1.54, 1.807) is 0 Å². The Bertz CT molecular complexity index is 936. The molecule has 0 bridgehead atoms. The summed E-state index contributed by atoms with van der Waals surface area (Å²) in [5, 5.41) is 10.4. The molecule has 39 heavy (non-hydrogen) atoms. The number of carboxylic acid groups (broad SMARTS) is 1. The van der Waals surface area contributed by atoms with E-state index in [9.17, 15) is 19.3 Å². The van der Waals surface area contributed by atoms with Crippen molar-refractivity contribution in [2.24, 2.45) is 17.8 Å². The number of carbonyl (C=O) groups is 2. The van der Waals surface area contributed by atoms with Gasteiger partial charge < -0.3 is 14.6 Å². The fourth-order valence-electron chi connectivity index (χ4n) is 6.59. The molecular formula is C31H50NO6P+2. The lowest BCUT2D eigenvalue weighted by Gasteiger charge is -2.30. The molecule has 0 radical (unpaired) electrons. The van der Waals surface area contributed by atoms with Crippen LogP contribution >= 0.6 is 7.80 Å². The van der Waals surface area contributed by atoms with Crippen LogP contribution in [0.15, 0.2) is 30.3 Å². The number of nitrogens with zero attached hydrogens (tertiary/aromatic N) is 1. The molecule has 1 aliphatic heterocycles. The quantitative estimate of drug-likeness (QED) is 0.142. The average molecular weight is 564 g/mol. The number of likely N-dealkylation sites (tertiary alicyclic amines) is 1. The Morgan fingerprint density at radius 3 is 2.41 bits per heavy atom. The van der Waals surface area contributed by atoms with Gasteiger partial charge >= 0.3 is 19.8 Å². The highest BCUT2D eigenvalue weighted by Gasteiger charge is 2.60. The van der Waals surface area contributed by atoms with Gasteiger partial charge in [-0.25, -0.2) is 4.79 Å². The molecule has 6 unspecified atom stereocenters. The first kappa shape index (κ1) is 31.9. The van der Waals surface area contributed by atoms with Crippen LogP contribution in [0.5, 0.6) is 0 Å². The smallest absolute Gasteiger partial charge is 0.435 e. The minimum atomic E-state index is -2.16. The van der Waals surface area contributed by atoms with E-state index in [2.05, 4.69) is 12.1 Å². The molecule has 2 aliphatic rings. The van der Waals surface area contributed by atoms with Gasteiger partial charge in [0.1, 0.15) is 12.6 Å². The lowest BCUT2D eigenvalue weighted by atomic mass is 9.79. The van der Waals surface area contributed by atoms with Crippen LogP contribution < -0.4 is 0 Å². The standard InChI is InChI=1S/C31H49NO6P/c1-5-19-37-29(6-2)38-30(23(3)17-18-25-13-9-7-10-14-25)39(36)22-28(33)32(31(34)35)21-27(20-24(32)4)26-15-11-8-12-16-26/h7,9-10,13-14,23-24,26-27,29-30H,5-6,8,11-12,15-22H2,1-4H3/q+1/p+1/t23?,24?,27?,29?,30?,32-/m0/s1. The summed E-state index contributed by atoms with van der Waals surface area (Å²) in [7, 11) is -2.16. The van der Waals surface area contributed by atoms with E-state index in [-0.39, 0.29) is 24.0 Å². The van der Waals surface area contributed by atoms with Crippen molar-refractivity contribution in [3.05, 3.63) is 35.9 Å². The maximum absolute atomic E-state index is 13.9. The molecule has 0 spiro atoms. The van der Waals surface area contributed by atoms with Crippen molar-refractivity contribution in [1.29, 1.82) is 0 Å². The summed E-state index contributed by atoms with van der Waals surface area (Å²) in [6.45, 7) is 8.74. The first-order chi connectivity index (χ1) is 18.7. The van der Waals surface area contributed by atoms with Crippen LogP contribution in [0.3, 0.4) is 0 Å². The van der Waals surface area contributed by atoms with Crippen LogP contribution in [0.4, 0.5) is 4.79 Å². The predicted molar refractivity (Wildman–Crippen MR) is 154 cm³/mol. The molecule has 1 aromatic carbocycles. The zero-order chi connectivity index (χ0) is 28.4. The minimum absolute atomic E-state index is 0.0924. The van der Waals surface area contributed by atoms with Crippen LogP contribution in [0, 0.1) is 17.8 Å². The SMILES string of the molecule is CCCOC(CC)OC(C(C)CCc1ccccc1)[P+](=O)CC(=O)[N@+]1(C(=O)O)CC(C2CCCCC2)CC1C. The molecule has 2 amide bonds. The molecule has 1 saturated carbocycles. The molecule has 1 N–H and O–H groups in total. The molecule has 1 aliphatic carbocycles. The van der Waals surface area contributed by atoms with Gasteiger partial charge in [0, 0.05) is 24.9 Å². The second-order valence-corrected chi connectivity index (χ2v) is 13.4. The van der Waals surface area contributed by atoms with Crippen molar-refractivity contribution >= 4 is 19.8 Å². The van der Waals surface area contributed by atoms with E-state index in [1.807, 2.05) is 45.9 Å². The van der Waals surface area contributed by atoms with E-state index in [1.165, 1.54) is 24.8 Å². The topological polar surface area (TPSA) is 89.9 Å². The Hall–Kier alpha value is -1.66. The van der Waals surface area contributed by atoms with Gasteiger partial charge in [-0.05, 0) is 56.9 Å². The molecule has 8 heteroatoms. The van der Waals surface area contributed by atoms with E-state index >= 15 is 0 Å². The van der Waals surface area contributed by atoms with Gasteiger partial charge in [-0.15, -0.1) is 0 Å². The number of hydrogen-bond acceptors (Lipinski definition) is 5. The van der Waals surface area contributed by atoms with E-state index in [0.717, 1.165) is 38.5 Å². The first-order valence-corrected chi connectivity index (χ1v) is 16.6. The average Bonchev–Trinajstić information content (AvgIpc) is 3.31. The molecule has 1 saturated heterocycles. The highest BCUT2D eigenvalue weighted by Crippen LogP contribution is 2.44. The normalized spacial score (nSPS) is 26.6. The molecule has 0 aromatic heterocycles. The Kier molecular flexibility index (Phi) is 12.6. The molecule has 1 heterocycles. The Morgan fingerprint density at radius 1 is 1.10 bits per heavy atom. The monoisotopic (exact) mass is 563 g/mol. The predicted octanol–water partition coefficient (Wildman–Crippen LogP) is 7.60. The Balaban J connectivity index is 1.76. The fourth-order valence-corrected chi connectivity index (χ4v) is 8.27. The summed E-state index contributed by atoms with van der Waals surface area (Å²) in [6, 6.07) is 9.82. The largest absolute Gasteiger partial charge is 0.521 e. The van der Waals surface area contributed by atoms with Crippen molar-refractivity contribution in [2.45, 2.75) is 110 Å². The van der Waals surface area contributed by atoms with E-state index < -0.39 is 36.4 Å². The van der Waals surface area contributed by atoms with Gasteiger partial charge in [-0.1, -0.05) is 74.9 Å². The third kappa shape index (κ3) is 8.19.